The summed E-state index contributed by atoms with van der Waals surface area (Å²) in [6.07, 6.45) is 0. The fourth-order valence-electron chi connectivity index (χ4n) is 1.19. The molecule has 0 aliphatic carbocycles. The largest absolute Gasteiger partial charge is 0.497 e. The van der Waals surface area contributed by atoms with Crippen molar-refractivity contribution in [3.8, 4) is 5.75 Å². The molecule has 1 aromatic rings. The SMILES string of the molecule is CCN(C)Cc1ccc(OC)cc1Cl. The van der Waals surface area contributed by atoms with Crippen LogP contribution in [0.1, 0.15) is 12.5 Å². The second-order valence-corrected chi connectivity index (χ2v) is 3.69. The quantitative estimate of drug-likeness (QED) is 0.763. The molecular formula is C11H16ClNO. The zero-order chi connectivity index (χ0) is 10.6. The van der Waals surface area contributed by atoms with Crippen LogP contribution < -0.4 is 4.74 Å². The minimum atomic E-state index is 0.768. The molecule has 0 amide bonds. The fourth-order valence-corrected chi connectivity index (χ4v) is 1.42. The van der Waals surface area contributed by atoms with Crippen molar-refractivity contribution in [2.24, 2.45) is 0 Å². The summed E-state index contributed by atoms with van der Waals surface area (Å²) in [5.41, 5.74) is 1.14. The molecule has 0 unspecified atom stereocenters. The normalized spacial score (nSPS) is 10.6. The molecule has 1 aromatic carbocycles. The molecule has 14 heavy (non-hydrogen) atoms. The van der Waals surface area contributed by atoms with E-state index in [4.69, 9.17) is 16.3 Å². The van der Waals surface area contributed by atoms with Crippen molar-refractivity contribution < 1.29 is 4.74 Å². The van der Waals surface area contributed by atoms with Crippen LogP contribution in [0.4, 0.5) is 0 Å². The fraction of sp³-hybridized carbons (Fsp3) is 0.455. The maximum Gasteiger partial charge on any atom is 0.120 e. The highest BCUT2D eigenvalue weighted by molar-refractivity contribution is 6.31. The van der Waals surface area contributed by atoms with Crippen LogP contribution in [0.5, 0.6) is 5.75 Å². The van der Waals surface area contributed by atoms with E-state index in [1.54, 1.807) is 7.11 Å². The number of benzene rings is 1. The van der Waals surface area contributed by atoms with E-state index < -0.39 is 0 Å². The predicted octanol–water partition coefficient (Wildman–Crippen LogP) is 2.80. The van der Waals surface area contributed by atoms with Crippen molar-refractivity contribution in [3.63, 3.8) is 0 Å². The molecule has 0 bridgehead atoms. The van der Waals surface area contributed by atoms with E-state index in [0.717, 1.165) is 29.4 Å². The first kappa shape index (κ1) is 11.3. The van der Waals surface area contributed by atoms with Gasteiger partial charge in [-0.3, -0.25) is 0 Å². The van der Waals surface area contributed by atoms with E-state index in [-0.39, 0.29) is 0 Å². The van der Waals surface area contributed by atoms with Gasteiger partial charge in [-0.15, -0.1) is 0 Å². The third kappa shape index (κ3) is 2.89. The van der Waals surface area contributed by atoms with Gasteiger partial charge in [-0.05, 0) is 31.3 Å². The number of nitrogens with zero attached hydrogens (tertiary/aromatic N) is 1. The van der Waals surface area contributed by atoms with E-state index in [9.17, 15) is 0 Å². The molecule has 0 saturated carbocycles. The maximum atomic E-state index is 6.10. The van der Waals surface area contributed by atoms with Crippen LogP contribution in [0.15, 0.2) is 18.2 Å². The zero-order valence-corrected chi connectivity index (χ0v) is 9.64. The van der Waals surface area contributed by atoms with Crippen LogP contribution in [0, 0.1) is 0 Å². The van der Waals surface area contributed by atoms with Gasteiger partial charge in [0.05, 0.1) is 7.11 Å². The lowest BCUT2D eigenvalue weighted by Crippen LogP contribution is -2.16. The van der Waals surface area contributed by atoms with Crippen LogP contribution in [0.3, 0.4) is 0 Å². The minimum Gasteiger partial charge on any atom is -0.497 e. The molecule has 1 rings (SSSR count). The maximum absolute atomic E-state index is 6.10. The lowest BCUT2D eigenvalue weighted by molar-refractivity contribution is 0.345. The van der Waals surface area contributed by atoms with E-state index in [2.05, 4.69) is 18.9 Å². The van der Waals surface area contributed by atoms with Gasteiger partial charge in [0.2, 0.25) is 0 Å². The molecule has 78 valence electrons. The topological polar surface area (TPSA) is 12.5 Å². The number of methoxy groups -OCH3 is 1. The Morgan fingerprint density at radius 3 is 2.64 bits per heavy atom. The monoisotopic (exact) mass is 213 g/mol. The number of hydrogen-bond acceptors (Lipinski definition) is 2. The Morgan fingerprint density at radius 1 is 1.43 bits per heavy atom. The second-order valence-electron chi connectivity index (χ2n) is 3.29. The van der Waals surface area contributed by atoms with Gasteiger partial charge in [0.15, 0.2) is 0 Å². The van der Waals surface area contributed by atoms with Crippen molar-refractivity contribution >= 4 is 11.6 Å². The molecule has 0 fully saturated rings. The molecule has 0 atom stereocenters. The van der Waals surface area contributed by atoms with Crippen molar-refractivity contribution in [1.29, 1.82) is 0 Å². The summed E-state index contributed by atoms with van der Waals surface area (Å²) in [5, 5.41) is 0.768. The number of ether oxygens (including phenoxy) is 1. The predicted molar refractivity (Wildman–Crippen MR) is 60.0 cm³/mol. The summed E-state index contributed by atoms with van der Waals surface area (Å²) in [6.45, 7) is 4.01. The number of halogens is 1. The van der Waals surface area contributed by atoms with Gasteiger partial charge >= 0.3 is 0 Å². The van der Waals surface area contributed by atoms with Crippen LogP contribution in [-0.2, 0) is 6.54 Å². The Balaban J connectivity index is 2.78. The molecular weight excluding hydrogens is 198 g/mol. The minimum absolute atomic E-state index is 0.768. The Bertz CT molecular complexity index is 301. The second kappa shape index (κ2) is 5.23. The molecule has 0 N–H and O–H groups in total. The lowest BCUT2D eigenvalue weighted by atomic mass is 10.2. The van der Waals surface area contributed by atoms with Crippen molar-refractivity contribution in [1.82, 2.24) is 4.90 Å². The average molecular weight is 214 g/mol. The molecule has 3 heteroatoms. The lowest BCUT2D eigenvalue weighted by Gasteiger charge is -2.15. The smallest absolute Gasteiger partial charge is 0.120 e. The van der Waals surface area contributed by atoms with Crippen molar-refractivity contribution in [3.05, 3.63) is 28.8 Å². The van der Waals surface area contributed by atoms with E-state index in [0.29, 0.717) is 0 Å². The third-order valence-corrected chi connectivity index (χ3v) is 2.59. The van der Waals surface area contributed by atoms with Gasteiger partial charge in [0, 0.05) is 11.6 Å². The summed E-state index contributed by atoms with van der Waals surface area (Å²) in [6, 6.07) is 5.79. The van der Waals surface area contributed by atoms with Crippen LogP contribution in [0.25, 0.3) is 0 Å². The van der Waals surface area contributed by atoms with Crippen molar-refractivity contribution in [2.75, 3.05) is 20.7 Å². The third-order valence-electron chi connectivity index (χ3n) is 2.24. The van der Waals surface area contributed by atoms with Gasteiger partial charge < -0.3 is 9.64 Å². The summed E-state index contributed by atoms with van der Waals surface area (Å²) >= 11 is 6.10. The number of rotatable bonds is 4. The summed E-state index contributed by atoms with van der Waals surface area (Å²) in [5.74, 6) is 0.804. The molecule has 0 radical (unpaired) electrons. The van der Waals surface area contributed by atoms with Gasteiger partial charge in [-0.1, -0.05) is 24.6 Å². The molecule has 0 aliphatic rings. The van der Waals surface area contributed by atoms with E-state index in [1.165, 1.54) is 0 Å². The Hall–Kier alpha value is -0.730. The standard InChI is InChI=1S/C11H16ClNO/c1-4-13(2)8-9-5-6-10(14-3)7-11(9)12/h5-7H,4,8H2,1-3H3. The zero-order valence-electron chi connectivity index (χ0n) is 8.88. The number of hydrogen-bond donors (Lipinski definition) is 0. The first-order valence-corrected chi connectivity index (χ1v) is 5.06. The summed E-state index contributed by atoms with van der Waals surface area (Å²) in [7, 11) is 3.71. The molecule has 0 heterocycles. The molecule has 2 nitrogen and oxygen atoms in total. The first-order valence-electron chi connectivity index (χ1n) is 4.68. The summed E-state index contributed by atoms with van der Waals surface area (Å²) in [4.78, 5) is 2.20. The van der Waals surface area contributed by atoms with Gasteiger partial charge in [-0.2, -0.15) is 0 Å². The Labute approximate surface area is 90.4 Å². The van der Waals surface area contributed by atoms with Crippen LogP contribution in [-0.4, -0.2) is 25.6 Å². The molecule has 0 spiro atoms. The molecule has 0 aromatic heterocycles. The van der Waals surface area contributed by atoms with Gasteiger partial charge in [0.25, 0.3) is 0 Å². The summed E-state index contributed by atoms with van der Waals surface area (Å²) < 4.78 is 5.08. The molecule has 0 aliphatic heterocycles. The van der Waals surface area contributed by atoms with Gasteiger partial charge in [0.1, 0.15) is 5.75 Å². The highest BCUT2D eigenvalue weighted by Crippen LogP contribution is 2.23. The average Bonchev–Trinajstić information content (AvgIpc) is 2.20. The highest BCUT2D eigenvalue weighted by Gasteiger charge is 2.04. The van der Waals surface area contributed by atoms with Crippen LogP contribution in [0.2, 0.25) is 5.02 Å². The van der Waals surface area contributed by atoms with Gasteiger partial charge in [-0.25, -0.2) is 0 Å². The highest BCUT2D eigenvalue weighted by atomic mass is 35.5. The van der Waals surface area contributed by atoms with Crippen LogP contribution >= 0.6 is 11.6 Å². The molecule has 0 saturated heterocycles. The Morgan fingerprint density at radius 2 is 2.14 bits per heavy atom. The van der Waals surface area contributed by atoms with E-state index in [1.807, 2.05) is 18.2 Å². The Kier molecular flexibility index (Phi) is 4.23. The van der Waals surface area contributed by atoms with E-state index >= 15 is 0 Å². The van der Waals surface area contributed by atoms with Crippen molar-refractivity contribution in [2.45, 2.75) is 13.5 Å². The first-order chi connectivity index (χ1) is 6.67.